The van der Waals surface area contributed by atoms with Crippen LogP contribution in [0.4, 0.5) is 0 Å². The second-order valence-electron chi connectivity index (χ2n) is 3.96. The second-order valence-corrected chi connectivity index (χ2v) is 3.96. The zero-order valence-corrected chi connectivity index (χ0v) is 9.95. The molecule has 0 saturated carbocycles. The molecule has 0 heterocycles. The first-order valence-corrected chi connectivity index (χ1v) is 5.69. The summed E-state index contributed by atoms with van der Waals surface area (Å²) in [7, 11) is 0. The fourth-order valence-corrected chi connectivity index (χ4v) is 1.70. The van der Waals surface area contributed by atoms with Crippen molar-refractivity contribution in [1.29, 1.82) is 5.26 Å². The van der Waals surface area contributed by atoms with Crippen LogP contribution < -0.4 is 0 Å². The third-order valence-electron chi connectivity index (χ3n) is 2.37. The Balaban J connectivity index is 3.93. The first-order chi connectivity index (χ1) is 7.13. The lowest BCUT2D eigenvalue weighted by atomic mass is 9.91. The average Bonchev–Trinajstić information content (AvgIpc) is 2.17. The fraction of sp³-hybridized carbons (Fsp3) is 0.833. The molecule has 0 aliphatic rings. The van der Waals surface area contributed by atoms with Crippen LogP contribution in [0.15, 0.2) is 0 Å². The van der Waals surface area contributed by atoms with Crippen LogP contribution in [0, 0.1) is 23.2 Å². The van der Waals surface area contributed by atoms with Crippen molar-refractivity contribution < 1.29 is 9.53 Å². The van der Waals surface area contributed by atoms with Crippen molar-refractivity contribution in [2.75, 3.05) is 6.61 Å². The molecule has 0 aliphatic heterocycles. The number of nitriles is 1. The third kappa shape index (κ3) is 6.96. The van der Waals surface area contributed by atoms with Gasteiger partial charge in [-0.1, -0.05) is 26.7 Å². The molecule has 0 unspecified atom stereocenters. The van der Waals surface area contributed by atoms with E-state index in [4.69, 9.17) is 10.00 Å². The lowest BCUT2D eigenvalue weighted by Crippen LogP contribution is -2.13. The first kappa shape index (κ1) is 14.0. The van der Waals surface area contributed by atoms with Gasteiger partial charge in [0, 0.05) is 0 Å². The number of esters is 1. The minimum Gasteiger partial charge on any atom is -0.466 e. The van der Waals surface area contributed by atoms with Crippen LogP contribution in [0.2, 0.25) is 0 Å². The van der Waals surface area contributed by atoms with Gasteiger partial charge in [0.25, 0.3) is 0 Å². The SMILES string of the molecule is CCC[C@@H](C)C[C@@H](C#N)CC(=O)OCC. The van der Waals surface area contributed by atoms with E-state index in [1.807, 2.05) is 0 Å². The van der Waals surface area contributed by atoms with Crippen molar-refractivity contribution in [2.24, 2.45) is 11.8 Å². The Morgan fingerprint density at radius 3 is 2.60 bits per heavy atom. The first-order valence-electron chi connectivity index (χ1n) is 5.69. The topological polar surface area (TPSA) is 50.1 Å². The number of carbonyl (C=O) groups excluding carboxylic acids is 1. The molecule has 0 aliphatic carbocycles. The Hall–Kier alpha value is -1.04. The molecule has 0 fully saturated rings. The smallest absolute Gasteiger partial charge is 0.307 e. The summed E-state index contributed by atoms with van der Waals surface area (Å²) in [6, 6.07) is 2.18. The Morgan fingerprint density at radius 1 is 1.47 bits per heavy atom. The summed E-state index contributed by atoms with van der Waals surface area (Å²) in [5.41, 5.74) is 0. The van der Waals surface area contributed by atoms with Crippen molar-refractivity contribution in [3.05, 3.63) is 0 Å². The maximum atomic E-state index is 11.2. The van der Waals surface area contributed by atoms with Crippen molar-refractivity contribution in [2.45, 2.75) is 46.5 Å². The predicted molar refractivity (Wildman–Crippen MR) is 59.0 cm³/mol. The van der Waals surface area contributed by atoms with Crippen LogP contribution in [0.3, 0.4) is 0 Å². The van der Waals surface area contributed by atoms with Crippen LogP contribution in [-0.4, -0.2) is 12.6 Å². The van der Waals surface area contributed by atoms with Gasteiger partial charge in [-0.25, -0.2) is 0 Å². The second kappa shape index (κ2) is 8.28. The lowest BCUT2D eigenvalue weighted by Gasteiger charge is -2.13. The number of carbonyl (C=O) groups is 1. The molecule has 0 aromatic rings. The van der Waals surface area contributed by atoms with Crippen LogP contribution in [-0.2, 0) is 9.53 Å². The van der Waals surface area contributed by atoms with Crippen LogP contribution in [0.1, 0.15) is 46.5 Å². The number of hydrogen-bond donors (Lipinski definition) is 0. The molecule has 0 amide bonds. The monoisotopic (exact) mass is 211 g/mol. The molecular weight excluding hydrogens is 190 g/mol. The maximum Gasteiger partial charge on any atom is 0.307 e. The van der Waals surface area contributed by atoms with E-state index in [-0.39, 0.29) is 18.3 Å². The lowest BCUT2D eigenvalue weighted by molar-refractivity contribution is -0.143. The van der Waals surface area contributed by atoms with Gasteiger partial charge in [0.05, 0.1) is 25.0 Å². The summed E-state index contributed by atoms with van der Waals surface area (Å²) < 4.78 is 4.83. The van der Waals surface area contributed by atoms with Crippen LogP contribution >= 0.6 is 0 Å². The van der Waals surface area contributed by atoms with Gasteiger partial charge >= 0.3 is 5.97 Å². The van der Waals surface area contributed by atoms with Gasteiger partial charge < -0.3 is 4.74 Å². The van der Waals surface area contributed by atoms with Crippen molar-refractivity contribution in [3.8, 4) is 6.07 Å². The van der Waals surface area contributed by atoms with Gasteiger partial charge in [0.15, 0.2) is 0 Å². The van der Waals surface area contributed by atoms with Crippen molar-refractivity contribution >= 4 is 5.97 Å². The molecule has 0 aromatic carbocycles. The molecule has 0 aromatic heterocycles. The van der Waals surface area contributed by atoms with E-state index in [9.17, 15) is 4.79 Å². The van der Waals surface area contributed by atoms with E-state index in [0.29, 0.717) is 12.5 Å². The third-order valence-corrected chi connectivity index (χ3v) is 2.37. The highest BCUT2D eigenvalue weighted by atomic mass is 16.5. The summed E-state index contributed by atoms with van der Waals surface area (Å²) in [6.45, 7) is 6.42. The molecule has 15 heavy (non-hydrogen) atoms. The number of hydrogen-bond acceptors (Lipinski definition) is 3. The molecule has 0 saturated heterocycles. The summed E-state index contributed by atoms with van der Waals surface area (Å²) in [4.78, 5) is 11.2. The molecule has 0 N–H and O–H groups in total. The van der Waals surface area contributed by atoms with E-state index in [0.717, 1.165) is 19.3 Å². The molecule has 86 valence electrons. The van der Waals surface area contributed by atoms with Gasteiger partial charge in [-0.3, -0.25) is 4.79 Å². The fourth-order valence-electron chi connectivity index (χ4n) is 1.70. The van der Waals surface area contributed by atoms with Crippen molar-refractivity contribution in [1.82, 2.24) is 0 Å². The largest absolute Gasteiger partial charge is 0.466 e. The maximum absolute atomic E-state index is 11.2. The predicted octanol–water partition coefficient (Wildman–Crippen LogP) is 2.91. The molecule has 3 nitrogen and oxygen atoms in total. The normalized spacial score (nSPS) is 14.0. The van der Waals surface area contributed by atoms with Gasteiger partial charge in [-0.2, -0.15) is 5.26 Å². The Labute approximate surface area is 92.4 Å². The van der Waals surface area contributed by atoms with E-state index < -0.39 is 0 Å². The van der Waals surface area contributed by atoms with Gasteiger partial charge in [0.1, 0.15) is 0 Å². The summed E-state index contributed by atoms with van der Waals surface area (Å²) in [5.74, 6) is 0.0624. The highest BCUT2D eigenvalue weighted by Crippen LogP contribution is 2.19. The zero-order chi connectivity index (χ0) is 11.7. The molecule has 0 rings (SSSR count). The highest BCUT2D eigenvalue weighted by Gasteiger charge is 2.16. The van der Waals surface area contributed by atoms with E-state index in [1.165, 1.54) is 0 Å². The highest BCUT2D eigenvalue weighted by molar-refractivity contribution is 5.70. The van der Waals surface area contributed by atoms with Crippen molar-refractivity contribution in [3.63, 3.8) is 0 Å². The van der Waals surface area contributed by atoms with Gasteiger partial charge in [0.2, 0.25) is 0 Å². The Bertz CT molecular complexity index is 220. The standard InChI is InChI=1S/C12H21NO2/c1-4-6-10(3)7-11(9-13)8-12(14)15-5-2/h10-11H,4-8H2,1-3H3/t10-,11-/m1/s1. The van der Waals surface area contributed by atoms with Crippen LogP contribution in [0.5, 0.6) is 0 Å². The van der Waals surface area contributed by atoms with Gasteiger partial charge in [-0.15, -0.1) is 0 Å². The molecular formula is C12H21NO2. The molecule has 3 heteroatoms. The minimum atomic E-state index is -0.257. The molecule has 0 spiro atoms. The molecule has 0 bridgehead atoms. The summed E-state index contributed by atoms with van der Waals surface area (Å²) in [6.07, 6.45) is 3.27. The minimum absolute atomic E-state index is 0.189. The number of rotatable bonds is 7. The van der Waals surface area contributed by atoms with Crippen LogP contribution in [0.25, 0.3) is 0 Å². The zero-order valence-electron chi connectivity index (χ0n) is 9.95. The molecule has 2 atom stereocenters. The van der Waals surface area contributed by atoms with E-state index >= 15 is 0 Å². The molecule has 0 radical (unpaired) electrons. The number of ether oxygens (including phenoxy) is 1. The Morgan fingerprint density at radius 2 is 2.13 bits per heavy atom. The van der Waals surface area contributed by atoms with E-state index in [2.05, 4.69) is 19.9 Å². The number of nitrogens with zero attached hydrogens (tertiary/aromatic N) is 1. The van der Waals surface area contributed by atoms with E-state index in [1.54, 1.807) is 6.92 Å². The summed E-state index contributed by atoms with van der Waals surface area (Å²) in [5, 5.41) is 8.90. The quantitative estimate of drug-likeness (QED) is 0.608. The average molecular weight is 211 g/mol. The Kier molecular flexibility index (Phi) is 7.71. The van der Waals surface area contributed by atoms with Gasteiger partial charge in [-0.05, 0) is 19.3 Å². The summed E-state index contributed by atoms with van der Waals surface area (Å²) >= 11 is 0.